The fraction of sp³-hybridized carbons (Fsp3) is 0.241. The molecule has 4 aromatic rings. The second kappa shape index (κ2) is 11.6. The highest BCUT2D eigenvalue weighted by Crippen LogP contribution is 2.28. The van der Waals surface area contributed by atoms with Crippen molar-refractivity contribution in [2.24, 2.45) is 5.73 Å². The summed E-state index contributed by atoms with van der Waals surface area (Å²) >= 11 is 5.96. The molecule has 1 aromatic heterocycles. The van der Waals surface area contributed by atoms with E-state index < -0.39 is 12.0 Å². The third-order valence-electron chi connectivity index (χ3n) is 6.55. The zero-order valence-corrected chi connectivity index (χ0v) is 21.2. The van der Waals surface area contributed by atoms with Crippen LogP contribution in [0.25, 0.3) is 10.9 Å². The number of halogens is 1. The summed E-state index contributed by atoms with van der Waals surface area (Å²) < 4.78 is 0. The molecule has 7 nitrogen and oxygen atoms in total. The van der Waals surface area contributed by atoms with Gasteiger partial charge in [-0.3, -0.25) is 9.59 Å². The van der Waals surface area contributed by atoms with Gasteiger partial charge in [0.15, 0.2) is 0 Å². The first-order valence-electron chi connectivity index (χ1n) is 12.1. The summed E-state index contributed by atoms with van der Waals surface area (Å²) in [7, 11) is 0. The average Bonchev–Trinajstić information content (AvgIpc) is 2.88. The zero-order valence-electron chi connectivity index (χ0n) is 20.4. The summed E-state index contributed by atoms with van der Waals surface area (Å²) in [5, 5.41) is 25.4. The lowest BCUT2D eigenvalue weighted by Crippen LogP contribution is -2.32. The molecule has 0 fully saturated rings. The number of hydrogen-bond donors (Lipinski definition) is 5. The van der Waals surface area contributed by atoms with E-state index in [0.717, 1.165) is 23.1 Å². The summed E-state index contributed by atoms with van der Waals surface area (Å²) in [6.45, 7) is 2.32. The first-order chi connectivity index (χ1) is 17.7. The van der Waals surface area contributed by atoms with Gasteiger partial charge in [0.25, 0.3) is 0 Å². The number of aromatic amines is 1. The van der Waals surface area contributed by atoms with E-state index in [1.165, 1.54) is 12.1 Å². The van der Waals surface area contributed by atoms with Crippen molar-refractivity contribution in [1.82, 2.24) is 10.3 Å². The minimum atomic E-state index is -0.831. The third-order valence-corrected chi connectivity index (χ3v) is 6.80. The number of benzene rings is 3. The van der Waals surface area contributed by atoms with Gasteiger partial charge in [-0.2, -0.15) is 0 Å². The largest absolute Gasteiger partial charge is 0.506 e. The highest BCUT2D eigenvalue weighted by atomic mass is 35.5. The zero-order chi connectivity index (χ0) is 26.5. The maximum Gasteiger partial charge on any atom is 0.248 e. The van der Waals surface area contributed by atoms with Crippen LogP contribution in [0.5, 0.6) is 5.75 Å². The molecule has 1 heterocycles. The molecule has 0 saturated heterocycles. The molecular formula is C29H30ClN3O4. The van der Waals surface area contributed by atoms with E-state index in [0.29, 0.717) is 34.5 Å². The standard InChI is InChI=1S/C29H30ClN3O4/c1-17(32-16-26(35)22-10-12-25(34)28-23(22)11-13-27(36)33-28)14-18-2-6-20(7-3-18)24(29(31)37)15-19-4-8-21(30)9-5-19/h2-13,17,24,26,32,34-35H,14-16H2,1H3,(H2,31,37)(H,33,36)/t17-,24?,26-/m1/s1. The number of aromatic nitrogens is 1. The fourth-order valence-electron chi connectivity index (χ4n) is 4.52. The van der Waals surface area contributed by atoms with Gasteiger partial charge in [0.1, 0.15) is 5.75 Å². The molecule has 0 spiro atoms. The van der Waals surface area contributed by atoms with E-state index in [4.69, 9.17) is 17.3 Å². The number of H-pyrrole nitrogens is 1. The fourth-order valence-corrected chi connectivity index (χ4v) is 4.65. The van der Waals surface area contributed by atoms with Crippen LogP contribution >= 0.6 is 11.6 Å². The summed E-state index contributed by atoms with van der Waals surface area (Å²) in [4.78, 5) is 26.4. The number of amides is 1. The van der Waals surface area contributed by atoms with Gasteiger partial charge in [0, 0.05) is 29.1 Å². The molecule has 37 heavy (non-hydrogen) atoms. The van der Waals surface area contributed by atoms with Crippen LogP contribution in [0.15, 0.2) is 77.6 Å². The topological polar surface area (TPSA) is 128 Å². The third kappa shape index (κ3) is 6.57. The SMILES string of the molecule is C[C@H](Cc1ccc(C(Cc2ccc(Cl)cc2)C(N)=O)cc1)NC[C@@H](O)c1ccc(O)c2[nH]c(=O)ccc12. The van der Waals surface area contributed by atoms with Gasteiger partial charge in [-0.1, -0.05) is 54.1 Å². The lowest BCUT2D eigenvalue weighted by molar-refractivity contribution is -0.119. The van der Waals surface area contributed by atoms with Gasteiger partial charge in [-0.15, -0.1) is 0 Å². The molecule has 0 aliphatic carbocycles. The van der Waals surface area contributed by atoms with Crippen LogP contribution in [-0.4, -0.2) is 33.7 Å². The second-order valence-electron chi connectivity index (χ2n) is 9.34. The highest BCUT2D eigenvalue weighted by Gasteiger charge is 2.19. The summed E-state index contributed by atoms with van der Waals surface area (Å²) in [6, 6.07) is 21.4. The number of nitrogens with two attached hydrogens (primary N) is 1. The number of hydrogen-bond acceptors (Lipinski definition) is 5. The molecule has 4 rings (SSSR count). The van der Waals surface area contributed by atoms with Gasteiger partial charge in [0.05, 0.1) is 17.5 Å². The van der Waals surface area contributed by atoms with Crippen LogP contribution in [0.2, 0.25) is 5.02 Å². The van der Waals surface area contributed by atoms with E-state index in [9.17, 15) is 19.8 Å². The number of pyridine rings is 1. The van der Waals surface area contributed by atoms with Crippen molar-refractivity contribution in [1.29, 1.82) is 0 Å². The van der Waals surface area contributed by atoms with Crippen LogP contribution in [0.4, 0.5) is 0 Å². The summed E-state index contributed by atoms with van der Waals surface area (Å²) in [5.74, 6) is -0.853. The predicted octanol–water partition coefficient (Wildman–Crippen LogP) is 3.95. The average molecular weight is 520 g/mol. The predicted molar refractivity (Wildman–Crippen MR) is 146 cm³/mol. The van der Waals surface area contributed by atoms with Crippen molar-refractivity contribution in [2.45, 2.75) is 37.8 Å². The molecule has 1 amide bonds. The molecule has 192 valence electrons. The maximum absolute atomic E-state index is 12.1. The van der Waals surface area contributed by atoms with Crippen molar-refractivity contribution in [2.75, 3.05) is 6.54 Å². The van der Waals surface area contributed by atoms with Crippen LogP contribution in [0, 0.1) is 0 Å². The van der Waals surface area contributed by atoms with Crippen molar-refractivity contribution in [3.8, 4) is 5.75 Å². The lowest BCUT2D eigenvalue weighted by atomic mass is 9.90. The van der Waals surface area contributed by atoms with E-state index in [1.54, 1.807) is 24.3 Å². The molecular weight excluding hydrogens is 490 g/mol. The highest BCUT2D eigenvalue weighted by molar-refractivity contribution is 6.30. The van der Waals surface area contributed by atoms with Crippen LogP contribution < -0.4 is 16.6 Å². The van der Waals surface area contributed by atoms with Crippen molar-refractivity contribution >= 4 is 28.4 Å². The Balaban J connectivity index is 1.37. The molecule has 8 heteroatoms. The number of aliphatic hydroxyl groups is 1. The summed E-state index contributed by atoms with van der Waals surface area (Å²) in [6.07, 6.45) is 0.388. The number of aliphatic hydroxyl groups excluding tert-OH is 1. The number of carbonyl (C=O) groups excluding carboxylic acids is 1. The molecule has 0 radical (unpaired) electrons. The number of rotatable bonds is 10. The first-order valence-corrected chi connectivity index (χ1v) is 12.5. The Hall–Kier alpha value is -3.65. The Morgan fingerprint density at radius 2 is 1.62 bits per heavy atom. The molecule has 3 aromatic carbocycles. The van der Waals surface area contributed by atoms with Gasteiger partial charge < -0.3 is 26.2 Å². The van der Waals surface area contributed by atoms with Gasteiger partial charge in [0.2, 0.25) is 11.5 Å². The second-order valence-corrected chi connectivity index (χ2v) is 9.78. The molecule has 0 bridgehead atoms. The number of phenolic OH excluding ortho intramolecular Hbond substituents is 1. The number of primary amides is 1. The van der Waals surface area contributed by atoms with Crippen molar-refractivity contribution in [3.63, 3.8) is 0 Å². The lowest BCUT2D eigenvalue weighted by Gasteiger charge is -2.19. The first kappa shape index (κ1) is 26.4. The normalized spacial score (nSPS) is 13.8. The smallest absolute Gasteiger partial charge is 0.248 e. The molecule has 3 atom stereocenters. The molecule has 6 N–H and O–H groups in total. The Bertz CT molecular complexity index is 1430. The minimum Gasteiger partial charge on any atom is -0.506 e. The Morgan fingerprint density at radius 3 is 2.30 bits per heavy atom. The number of phenols is 1. The van der Waals surface area contributed by atoms with Crippen LogP contribution in [0.3, 0.4) is 0 Å². The Labute approximate surface area is 219 Å². The number of aromatic hydroxyl groups is 1. The Morgan fingerprint density at radius 1 is 0.973 bits per heavy atom. The quantitative estimate of drug-likeness (QED) is 0.217. The van der Waals surface area contributed by atoms with Crippen LogP contribution in [-0.2, 0) is 17.6 Å². The van der Waals surface area contributed by atoms with Gasteiger partial charge >= 0.3 is 0 Å². The number of carbonyl (C=O) groups is 1. The van der Waals surface area contributed by atoms with Gasteiger partial charge in [-0.05, 0) is 66.3 Å². The van der Waals surface area contributed by atoms with Crippen molar-refractivity contribution < 1.29 is 15.0 Å². The van der Waals surface area contributed by atoms with E-state index >= 15 is 0 Å². The van der Waals surface area contributed by atoms with E-state index in [1.807, 2.05) is 43.3 Å². The number of fused-ring (bicyclic) bond motifs is 1. The summed E-state index contributed by atoms with van der Waals surface area (Å²) in [5.41, 5.74) is 9.24. The van der Waals surface area contributed by atoms with Crippen LogP contribution in [0.1, 0.15) is 41.2 Å². The minimum absolute atomic E-state index is 0.0415. The maximum atomic E-state index is 12.1. The van der Waals surface area contributed by atoms with E-state index in [2.05, 4.69) is 10.3 Å². The van der Waals surface area contributed by atoms with Gasteiger partial charge in [-0.25, -0.2) is 0 Å². The molecule has 0 aliphatic heterocycles. The molecule has 1 unspecified atom stereocenters. The van der Waals surface area contributed by atoms with E-state index in [-0.39, 0.29) is 23.3 Å². The van der Waals surface area contributed by atoms with Crippen molar-refractivity contribution in [3.05, 3.63) is 110 Å². The monoisotopic (exact) mass is 519 g/mol. The Kier molecular flexibility index (Phi) is 8.28. The number of nitrogens with one attached hydrogen (secondary N) is 2. The molecule has 0 aliphatic rings. The molecule has 0 saturated carbocycles.